The minimum atomic E-state index is 0.139. The molecule has 0 bridgehead atoms. The van der Waals surface area contributed by atoms with Gasteiger partial charge < -0.3 is 10.5 Å². The van der Waals surface area contributed by atoms with Gasteiger partial charge in [-0.3, -0.25) is 4.90 Å². The van der Waals surface area contributed by atoms with E-state index in [0.717, 1.165) is 45.1 Å². The predicted molar refractivity (Wildman–Crippen MR) is 73.1 cm³/mol. The molecular formula is C14H30N2O. The summed E-state index contributed by atoms with van der Waals surface area (Å²) in [6, 6.07) is 0. The lowest BCUT2D eigenvalue weighted by atomic mass is 9.79. The topological polar surface area (TPSA) is 38.5 Å². The van der Waals surface area contributed by atoms with E-state index in [1.165, 1.54) is 6.42 Å². The first-order valence-corrected chi connectivity index (χ1v) is 7.09. The summed E-state index contributed by atoms with van der Waals surface area (Å²) in [6.45, 7) is 10.5. The quantitative estimate of drug-likeness (QED) is 0.743. The van der Waals surface area contributed by atoms with Crippen molar-refractivity contribution in [1.82, 2.24) is 4.90 Å². The molecule has 2 N–H and O–H groups in total. The number of rotatable bonds is 7. The van der Waals surface area contributed by atoms with E-state index in [1.807, 2.05) is 0 Å². The van der Waals surface area contributed by atoms with Crippen LogP contribution in [0.2, 0.25) is 0 Å². The van der Waals surface area contributed by atoms with Gasteiger partial charge >= 0.3 is 0 Å². The smallest absolute Gasteiger partial charge is 0.0513 e. The number of nitrogens with two attached hydrogens (primary N) is 1. The van der Waals surface area contributed by atoms with Gasteiger partial charge in [0.1, 0.15) is 0 Å². The van der Waals surface area contributed by atoms with Crippen molar-refractivity contribution in [1.29, 1.82) is 0 Å². The second-order valence-corrected chi connectivity index (χ2v) is 5.62. The van der Waals surface area contributed by atoms with Gasteiger partial charge in [-0.05, 0) is 25.8 Å². The number of ether oxygens (including phenoxy) is 1. The van der Waals surface area contributed by atoms with Crippen LogP contribution in [-0.4, -0.2) is 43.8 Å². The molecule has 1 fully saturated rings. The van der Waals surface area contributed by atoms with Crippen LogP contribution in [0.1, 0.15) is 40.0 Å². The zero-order valence-corrected chi connectivity index (χ0v) is 12.0. The summed E-state index contributed by atoms with van der Waals surface area (Å²) < 4.78 is 5.57. The molecule has 3 atom stereocenters. The Morgan fingerprint density at radius 2 is 2.18 bits per heavy atom. The van der Waals surface area contributed by atoms with Crippen LogP contribution in [0, 0.1) is 11.8 Å². The summed E-state index contributed by atoms with van der Waals surface area (Å²) in [5.74, 6) is 1.34. The maximum absolute atomic E-state index is 6.12. The fourth-order valence-electron chi connectivity index (χ4n) is 3.07. The summed E-state index contributed by atoms with van der Waals surface area (Å²) in [6.07, 6.45) is 3.51. The fourth-order valence-corrected chi connectivity index (χ4v) is 3.07. The summed E-state index contributed by atoms with van der Waals surface area (Å²) in [5, 5.41) is 0. The highest BCUT2D eigenvalue weighted by molar-refractivity contribution is 4.97. The molecule has 17 heavy (non-hydrogen) atoms. The monoisotopic (exact) mass is 242 g/mol. The third-order valence-electron chi connectivity index (χ3n) is 4.70. The van der Waals surface area contributed by atoms with E-state index in [4.69, 9.17) is 10.5 Å². The Bertz CT molecular complexity index is 210. The van der Waals surface area contributed by atoms with Crippen molar-refractivity contribution in [2.45, 2.75) is 45.6 Å². The third-order valence-corrected chi connectivity index (χ3v) is 4.70. The van der Waals surface area contributed by atoms with E-state index >= 15 is 0 Å². The van der Waals surface area contributed by atoms with Gasteiger partial charge in [0, 0.05) is 31.2 Å². The molecule has 0 aromatic rings. The van der Waals surface area contributed by atoms with Gasteiger partial charge in [-0.25, -0.2) is 0 Å². The molecule has 3 heteroatoms. The minimum Gasteiger partial charge on any atom is -0.381 e. The molecule has 3 unspecified atom stereocenters. The van der Waals surface area contributed by atoms with E-state index < -0.39 is 0 Å². The van der Waals surface area contributed by atoms with Gasteiger partial charge in [0.2, 0.25) is 0 Å². The molecule has 0 saturated carbocycles. The van der Waals surface area contributed by atoms with Crippen LogP contribution in [0.25, 0.3) is 0 Å². The molecule has 0 aliphatic carbocycles. The van der Waals surface area contributed by atoms with Crippen molar-refractivity contribution in [2.24, 2.45) is 17.6 Å². The molecule has 0 aromatic heterocycles. The Morgan fingerprint density at radius 1 is 1.47 bits per heavy atom. The average molecular weight is 242 g/mol. The van der Waals surface area contributed by atoms with Crippen molar-refractivity contribution in [3.8, 4) is 0 Å². The zero-order valence-electron chi connectivity index (χ0n) is 12.0. The summed E-state index contributed by atoms with van der Waals surface area (Å²) >= 11 is 0. The lowest BCUT2D eigenvalue weighted by Gasteiger charge is -2.45. The molecule has 0 radical (unpaired) electrons. The number of likely N-dealkylation sites (N-methyl/N-ethyl adjacent to an activating group) is 1. The van der Waals surface area contributed by atoms with E-state index in [2.05, 4.69) is 32.7 Å². The van der Waals surface area contributed by atoms with E-state index in [1.54, 1.807) is 0 Å². The van der Waals surface area contributed by atoms with E-state index in [-0.39, 0.29) is 5.54 Å². The average Bonchev–Trinajstić information content (AvgIpc) is 2.85. The van der Waals surface area contributed by atoms with Crippen molar-refractivity contribution in [3.63, 3.8) is 0 Å². The Hall–Kier alpha value is -0.120. The molecule has 1 heterocycles. The highest BCUT2D eigenvalue weighted by Crippen LogP contribution is 2.33. The lowest BCUT2D eigenvalue weighted by Crippen LogP contribution is -2.58. The Balaban J connectivity index is 2.74. The molecule has 102 valence electrons. The molecule has 1 rings (SSSR count). The summed E-state index contributed by atoms with van der Waals surface area (Å²) in [5.41, 5.74) is 6.26. The standard InChI is InChI=1S/C14H30N2O/c1-5-12(3)9-16(4)14(6-2,11-15)13-7-8-17-10-13/h12-13H,5-11,15H2,1-4H3. The molecule has 0 amide bonds. The van der Waals surface area contributed by atoms with Gasteiger partial charge in [-0.1, -0.05) is 27.2 Å². The fraction of sp³-hybridized carbons (Fsp3) is 1.00. The normalized spacial score (nSPS) is 26.1. The van der Waals surface area contributed by atoms with Gasteiger partial charge in [0.15, 0.2) is 0 Å². The van der Waals surface area contributed by atoms with Crippen LogP contribution >= 0.6 is 0 Å². The van der Waals surface area contributed by atoms with Crippen LogP contribution < -0.4 is 5.73 Å². The number of nitrogens with zero attached hydrogens (tertiary/aromatic N) is 1. The maximum Gasteiger partial charge on any atom is 0.0513 e. The maximum atomic E-state index is 6.12. The van der Waals surface area contributed by atoms with Crippen molar-refractivity contribution >= 4 is 0 Å². The first-order chi connectivity index (χ1) is 8.10. The van der Waals surface area contributed by atoms with Crippen molar-refractivity contribution < 1.29 is 4.74 Å². The van der Waals surface area contributed by atoms with E-state index in [9.17, 15) is 0 Å². The largest absolute Gasteiger partial charge is 0.381 e. The van der Waals surface area contributed by atoms with Gasteiger partial charge in [0.25, 0.3) is 0 Å². The van der Waals surface area contributed by atoms with Gasteiger partial charge in [-0.15, -0.1) is 0 Å². The predicted octanol–water partition coefficient (Wildman–Crippen LogP) is 2.11. The first kappa shape index (κ1) is 14.9. The van der Waals surface area contributed by atoms with Crippen molar-refractivity contribution in [3.05, 3.63) is 0 Å². The Labute approximate surface area is 107 Å². The molecule has 3 nitrogen and oxygen atoms in total. The zero-order chi connectivity index (χ0) is 12.9. The second kappa shape index (κ2) is 6.72. The van der Waals surface area contributed by atoms with Crippen LogP contribution in [0.3, 0.4) is 0 Å². The Kier molecular flexibility index (Phi) is 5.90. The van der Waals surface area contributed by atoms with Gasteiger partial charge in [-0.2, -0.15) is 0 Å². The highest BCUT2D eigenvalue weighted by atomic mass is 16.5. The first-order valence-electron chi connectivity index (χ1n) is 7.09. The van der Waals surface area contributed by atoms with Crippen molar-refractivity contribution in [2.75, 3.05) is 33.4 Å². The summed E-state index contributed by atoms with van der Waals surface area (Å²) in [7, 11) is 2.24. The number of hydrogen-bond donors (Lipinski definition) is 1. The molecule has 0 spiro atoms. The molecule has 1 aliphatic rings. The molecule has 0 aromatic carbocycles. The highest BCUT2D eigenvalue weighted by Gasteiger charge is 2.41. The van der Waals surface area contributed by atoms with Crippen LogP contribution in [0.5, 0.6) is 0 Å². The second-order valence-electron chi connectivity index (χ2n) is 5.62. The number of hydrogen-bond acceptors (Lipinski definition) is 3. The summed E-state index contributed by atoms with van der Waals surface area (Å²) in [4.78, 5) is 2.50. The molecule has 1 aliphatic heterocycles. The van der Waals surface area contributed by atoms with Crippen LogP contribution in [-0.2, 0) is 4.74 Å². The third kappa shape index (κ3) is 3.21. The molecular weight excluding hydrogens is 212 g/mol. The van der Waals surface area contributed by atoms with Gasteiger partial charge in [0.05, 0.1) is 6.61 Å². The lowest BCUT2D eigenvalue weighted by molar-refractivity contribution is 0.0376. The van der Waals surface area contributed by atoms with E-state index in [0.29, 0.717) is 5.92 Å². The van der Waals surface area contributed by atoms with Crippen LogP contribution in [0.4, 0.5) is 0 Å². The minimum absolute atomic E-state index is 0.139. The van der Waals surface area contributed by atoms with Crippen LogP contribution in [0.15, 0.2) is 0 Å². The molecule has 1 saturated heterocycles. The SMILES string of the molecule is CCC(C)CN(C)C(CC)(CN)C1CCOC1. The Morgan fingerprint density at radius 3 is 2.59 bits per heavy atom.